The fraction of sp³-hybridized carbons (Fsp3) is 0.583. The maximum atomic E-state index is 11.9. The van der Waals surface area contributed by atoms with Crippen LogP contribution in [-0.4, -0.2) is 47.5 Å². The van der Waals surface area contributed by atoms with Gasteiger partial charge in [0.05, 0.1) is 13.2 Å². The van der Waals surface area contributed by atoms with Crippen LogP contribution in [0.15, 0.2) is 10.8 Å². The van der Waals surface area contributed by atoms with Crippen molar-refractivity contribution in [1.82, 2.24) is 10.1 Å². The standard InChI is InChI=1S/C12H17N3O5/c1-12(2,3)20-10(16)8-6-19-14-9(8)13-7-15-4-5-18-11(15)17/h6H,4-5,7H2,1-3H3,(H,13,14). The van der Waals surface area contributed by atoms with Gasteiger partial charge in [0, 0.05) is 0 Å². The number of cyclic esters (lactones) is 1. The summed E-state index contributed by atoms with van der Waals surface area (Å²) < 4.78 is 14.8. The maximum absolute atomic E-state index is 11.9. The molecule has 1 aromatic rings. The van der Waals surface area contributed by atoms with Gasteiger partial charge in [-0.15, -0.1) is 0 Å². The SMILES string of the molecule is CC(C)(C)OC(=O)c1conc1NCN1CCOC1=O. The van der Waals surface area contributed by atoms with E-state index in [1.807, 2.05) is 0 Å². The minimum atomic E-state index is -0.607. The van der Waals surface area contributed by atoms with Crippen LogP contribution in [0, 0.1) is 0 Å². The van der Waals surface area contributed by atoms with E-state index < -0.39 is 17.7 Å². The normalized spacial score (nSPS) is 15.2. The molecule has 0 spiro atoms. The number of nitrogens with zero attached hydrogens (tertiary/aromatic N) is 2. The van der Waals surface area contributed by atoms with Crippen molar-refractivity contribution in [3.63, 3.8) is 0 Å². The molecule has 0 saturated carbocycles. The number of amides is 1. The van der Waals surface area contributed by atoms with E-state index in [0.29, 0.717) is 13.2 Å². The predicted molar refractivity (Wildman–Crippen MR) is 68.2 cm³/mol. The predicted octanol–water partition coefficient (Wildman–Crippen LogP) is 1.45. The zero-order chi connectivity index (χ0) is 14.8. The highest BCUT2D eigenvalue weighted by atomic mass is 16.6. The van der Waals surface area contributed by atoms with E-state index in [4.69, 9.17) is 14.0 Å². The maximum Gasteiger partial charge on any atom is 0.411 e. The molecule has 0 aliphatic carbocycles. The zero-order valence-corrected chi connectivity index (χ0v) is 11.6. The third kappa shape index (κ3) is 3.40. The molecule has 1 saturated heterocycles. The Labute approximate surface area is 116 Å². The van der Waals surface area contributed by atoms with Crippen LogP contribution in [0.2, 0.25) is 0 Å². The summed E-state index contributed by atoms with van der Waals surface area (Å²) in [5.41, 5.74) is -0.419. The van der Waals surface area contributed by atoms with Gasteiger partial charge in [0.15, 0.2) is 5.82 Å². The highest BCUT2D eigenvalue weighted by molar-refractivity contribution is 5.94. The Balaban J connectivity index is 1.98. The first-order valence-electron chi connectivity index (χ1n) is 6.20. The number of aromatic nitrogens is 1. The number of rotatable bonds is 4. The molecule has 8 heteroatoms. The van der Waals surface area contributed by atoms with Crippen molar-refractivity contribution in [1.29, 1.82) is 0 Å². The number of carbonyl (C=O) groups excluding carboxylic acids is 2. The summed E-state index contributed by atoms with van der Waals surface area (Å²) in [5.74, 6) is -0.302. The fourth-order valence-electron chi connectivity index (χ4n) is 1.58. The molecule has 1 N–H and O–H groups in total. The number of nitrogens with one attached hydrogen (secondary N) is 1. The highest BCUT2D eigenvalue weighted by Gasteiger charge is 2.25. The summed E-state index contributed by atoms with van der Waals surface area (Å²) >= 11 is 0. The van der Waals surface area contributed by atoms with Crippen molar-refractivity contribution in [2.75, 3.05) is 25.1 Å². The minimum absolute atomic E-state index is 0.182. The first-order chi connectivity index (χ1) is 9.37. The lowest BCUT2D eigenvalue weighted by Crippen LogP contribution is -2.30. The van der Waals surface area contributed by atoms with Crippen molar-refractivity contribution >= 4 is 17.9 Å². The smallest absolute Gasteiger partial charge is 0.411 e. The van der Waals surface area contributed by atoms with E-state index in [9.17, 15) is 9.59 Å². The van der Waals surface area contributed by atoms with Crippen LogP contribution < -0.4 is 5.32 Å². The van der Waals surface area contributed by atoms with Gasteiger partial charge in [-0.05, 0) is 20.8 Å². The van der Waals surface area contributed by atoms with Crippen molar-refractivity contribution < 1.29 is 23.6 Å². The molecule has 2 rings (SSSR count). The van der Waals surface area contributed by atoms with Gasteiger partial charge in [-0.3, -0.25) is 4.90 Å². The molecule has 1 aliphatic heterocycles. The van der Waals surface area contributed by atoms with Crippen LogP contribution in [0.4, 0.5) is 10.6 Å². The number of esters is 1. The Kier molecular flexibility index (Phi) is 3.82. The van der Waals surface area contributed by atoms with Crippen LogP contribution in [0.1, 0.15) is 31.1 Å². The lowest BCUT2D eigenvalue weighted by Gasteiger charge is -2.19. The van der Waals surface area contributed by atoms with Gasteiger partial charge in [0.25, 0.3) is 0 Å². The fourth-order valence-corrected chi connectivity index (χ4v) is 1.58. The van der Waals surface area contributed by atoms with E-state index in [-0.39, 0.29) is 18.1 Å². The van der Waals surface area contributed by atoms with Gasteiger partial charge in [-0.1, -0.05) is 5.16 Å². The molecular weight excluding hydrogens is 266 g/mol. The molecule has 8 nitrogen and oxygen atoms in total. The second-order valence-electron chi connectivity index (χ2n) is 5.29. The second kappa shape index (κ2) is 5.40. The van der Waals surface area contributed by atoms with Crippen molar-refractivity contribution in [2.45, 2.75) is 26.4 Å². The van der Waals surface area contributed by atoms with E-state index in [1.54, 1.807) is 20.8 Å². The van der Waals surface area contributed by atoms with Crippen LogP contribution in [0.25, 0.3) is 0 Å². The van der Waals surface area contributed by atoms with Crippen LogP contribution >= 0.6 is 0 Å². The van der Waals surface area contributed by atoms with E-state index in [2.05, 4.69) is 10.5 Å². The Morgan fingerprint density at radius 3 is 2.90 bits per heavy atom. The minimum Gasteiger partial charge on any atom is -0.456 e. The van der Waals surface area contributed by atoms with E-state index >= 15 is 0 Å². The molecule has 1 aromatic heterocycles. The number of hydrogen-bond acceptors (Lipinski definition) is 7. The summed E-state index contributed by atoms with van der Waals surface area (Å²) in [6.07, 6.45) is 0.804. The van der Waals surface area contributed by atoms with Gasteiger partial charge in [-0.25, -0.2) is 9.59 Å². The average molecular weight is 283 g/mol. The number of anilines is 1. The summed E-state index contributed by atoms with van der Waals surface area (Å²) in [6.45, 7) is 6.34. The molecule has 0 bridgehead atoms. The Bertz CT molecular complexity index is 505. The summed E-state index contributed by atoms with van der Waals surface area (Å²) in [7, 11) is 0. The Hall–Kier alpha value is -2.25. The topological polar surface area (TPSA) is 93.9 Å². The third-order valence-corrected chi connectivity index (χ3v) is 2.47. The lowest BCUT2D eigenvalue weighted by atomic mass is 10.2. The van der Waals surface area contributed by atoms with E-state index in [0.717, 1.165) is 0 Å². The first-order valence-corrected chi connectivity index (χ1v) is 6.20. The molecular formula is C12H17N3O5. The molecule has 1 fully saturated rings. The quantitative estimate of drug-likeness (QED) is 0.836. The van der Waals surface area contributed by atoms with Crippen molar-refractivity contribution in [2.24, 2.45) is 0 Å². The number of hydrogen-bond donors (Lipinski definition) is 1. The average Bonchev–Trinajstić information content (AvgIpc) is 2.92. The molecule has 1 amide bonds. The van der Waals surface area contributed by atoms with Crippen LogP contribution in [0.3, 0.4) is 0 Å². The monoisotopic (exact) mass is 283 g/mol. The molecule has 0 unspecified atom stereocenters. The lowest BCUT2D eigenvalue weighted by molar-refractivity contribution is 0.00698. The van der Waals surface area contributed by atoms with Gasteiger partial charge in [0.2, 0.25) is 0 Å². The molecule has 1 aliphatic rings. The number of ether oxygens (including phenoxy) is 2. The Morgan fingerprint density at radius 1 is 1.55 bits per heavy atom. The van der Waals surface area contributed by atoms with Gasteiger partial charge in [0.1, 0.15) is 24.0 Å². The zero-order valence-electron chi connectivity index (χ0n) is 11.6. The van der Waals surface area contributed by atoms with Crippen LogP contribution in [0.5, 0.6) is 0 Å². The largest absolute Gasteiger partial charge is 0.456 e. The second-order valence-corrected chi connectivity index (χ2v) is 5.29. The molecule has 110 valence electrons. The highest BCUT2D eigenvalue weighted by Crippen LogP contribution is 2.18. The van der Waals surface area contributed by atoms with Crippen LogP contribution in [-0.2, 0) is 9.47 Å². The Morgan fingerprint density at radius 2 is 2.30 bits per heavy atom. The summed E-state index contributed by atoms with van der Waals surface area (Å²) in [5, 5.41) is 6.54. The molecule has 0 radical (unpaired) electrons. The summed E-state index contributed by atoms with van der Waals surface area (Å²) in [4.78, 5) is 24.7. The molecule has 0 atom stereocenters. The van der Waals surface area contributed by atoms with E-state index in [1.165, 1.54) is 11.2 Å². The summed E-state index contributed by atoms with van der Waals surface area (Å²) in [6, 6.07) is 0. The number of carbonyl (C=O) groups is 2. The molecule has 0 aromatic carbocycles. The van der Waals surface area contributed by atoms with Crippen molar-refractivity contribution in [3.8, 4) is 0 Å². The van der Waals surface area contributed by atoms with Crippen molar-refractivity contribution in [3.05, 3.63) is 11.8 Å². The molecule has 2 heterocycles. The molecule has 20 heavy (non-hydrogen) atoms. The van der Waals surface area contributed by atoms with Gasteiger partial charge < -0.3 is 19.3 Å². The third-order valence-electron chi connectivity index (χ3n) is 2.47. The first kappa shape index (κ1) is 14.2. The van der Waals surface area contributed by atoms with Gasteiger partial charge in [-0.2, -0.15) is 0 Å². The van der Waals surface area contributed by atoms with Gasteiger partial charge >= 0.3 is 12.1 Å².